The van der Waals surface area contributed by atoms with Gasteiger partial charge in [0.2, 0.25) is 0 Å². The maximum atomic E-state index is 14.6. The molecule has 0 aliphatic carbocycles. The third-order valence-corrected chi connectivity index (χ3v) is 5.33. The highest BCUT2D eigenvalue weighted by atomic mass is 19.1. The van der Waals surface area contributed by atoms with E-state index < -0.39 is 17.6 Å². The maximum Gasteiger partial charge on any atom is 0.337 e. The Balaban J connectivity index is 1.94. The van der Waals surface area contributed by atoms with E-state index in [1.165, 1.54) is 19.2 Å². The molecule has 1 atom stereocenters. The normalized spacial score (nSPS) is 16.8. The fraction of sp³-hybridized carbons (Fsp3) is 0.318. The first-order valence-electron chi connectivity index (χ1n) is 9.60. The highest BCUT2D eigenvalue weighted by Gasteiger charge is 2.26. The number of carbonyl (C=O) groups excluding carboxylic acids is 1. The van der Waals surface area contributed by atoms with Crippen molar-refractivity contribution in [1.82, 2.24) is 9.97 Å². The number of esters is 1. The van der Waals surface area contributed by atoms with E-state index in [1.54, 1.807) is 18.2 Å². The highest BCUT2D eigenvalue weighted by Crippen LogP contribution is 2.35. The second-order valence-electron chi connectivity index (χ2n) is 7.25. The number of nitrogens with zero attached hydrogens (tertiary/aromatic N) is 3. The van der Waals surface area contributed by atoms with Crippen molar-refractivity contribution < 1.29 is 18.3 Å². The van der Waals surface area contributed by atoms with E-state index in [0.717, 1.165) is 31.9 Å². The van der Waals surface area contributed by atoms with Gasteiger partial charge in [0.1, 0.15) is 17.3 Å². The molecular weight excluding hydrogens is 376 g/mol. The molecular formula is C22H21F2N3O2. The summed E-state index contributed by atoms with van der Waals surface area (Å²) in [6.07, 6.45) is 3.11. The van der Waals surface area contributed by atoms with E-state index in [-0.39, 0.29) is 11.6 Å². The van der Waals surface area contributed by atoms with E-state index >= 15 is 0 Å². The Hall–Kier alpha value is -3.09. The molecule has 29 heavy (non-hydrogen) atoms. The predicted octanol–water partition coefficient (Wildman–Crippen LogP) is 4.74. The van der Waals surface area contributed by atoms with E-state index in [0.29, 0.717) is 28.1 Å². The van der Waals surface area contributed by atoms with Gasteiger partial charge in [-0.2, -0.15) is 0 Å². The SMILES string of the molecule is COC(=O)c1ccc2nc(-c3ccc(F)cc3F)c(N3CCCC[C@@H]3C)nc2c1. The van der Waals surface area contributed by atoms with Crippen LogP contribution in [0.25, 0.3) is 22.3 Å². The zero-order valence-corrected chi connectivity index (χ0v) is 16.3. The Morgan fingerprint density at radius 1 is 1.10 bits per heavy atom. The van der Waals surface area contributed by atoms with Gasteiger partial charge in [0.15, 0.2) is 5.82 Å². The Labute approximate surface area is 167 Å². The minimum atomic E-state index is -0.684. The molecule has 0 spiro atoms. The average molecular weight is 397 g/mol. The van der Waals surface area contributed by atoms with Gasteiger partial charge in [-0.25, -0.2) is 23.5 Å². The van der Waals surface area contributed by atoms with E-state index in [1.807, 2.05) is 0 Å². The van der Waals surface area contributed by atoms with Crippen molar-refractivity contribution in [1.29, 1.82) is 0 Å². The molecule has 1 aliphatic rings. The quantitative estimate of drug-likeness (QED) is 0.598. The van der Waals surface area contributed by atoms with Crippen LogP contribution in [0.5, 0.6) is 0 Å². The highest BCUT2D eigenvalue weighted by molar-refractivity contribution is 5.94. The summed E-state index contributed by atoms with van der Waals surface area (Å²) in [5.74, 6) is -1.25. The van der Waals surface area contributed by atoms with Crippen molar-refractivity contribution in [3.63, 3.8) is 0 Å². The van der Waals surface area contributed by atoms with Crippen LogP contribution in [-0.2, 0) is 4.74 Å². The number of piperidine rings is 1. The van der Waals surface area contributed by atoms with Gasteiger partial charge in [-0.05, 0) is 56.5 Å². The number of methoxy groups -OCH3 is 1. The van der Waals surface area contributed by atoms with Crippen LogP contribution in [0, 0.1) is 11.6 Å². The van der Waals surface area contributed by atoms with Crippen molar-refractivity contribution in [3.8, 4) is 11.3 Å². The fourth-order valence-corrected chi connectivity index (χ4v) is 3.77. The zero-order valence-electron chi connectivity index (χ0n) is 16.3. The summed E-state index contributed by atoms with van der Waals surface area (Å²) in [6, 6.07) is 8.54. The lowest BCUT2D eigenvalue weighted by Crippen LogP contribution is -2.38. The largest absolute Gasteiger partial charge is 0.465 e. The minimum Gasteiger partial charge on any atom is -0.465 e. The standard InChI is InChI=1S/C22H21F2N3O2/c1-13-5-3-4-10-27(13)21-20(16-8-7-15(23)12-17(16)24)25-18-9-6-14(22(28)29-2)11-19(18)26-21/h6-9,11-13H,3-5,10H2,1-2H3/t13-/m0/s1. The monoisotopic (exact) mass is 397 g/mol. The van der Waals surface area contributed by atoms with Crippen LogP contribution in [-0.4, -0.2) is 35.6 Å². The molecule has 0 radical (unpaired) electrons. The van der Waals surface area contributed by atoms with Crippen molar-refractivity contribution in [2.75, 3.05) is 18.6 Å². The van der Waals surface area contributed by atoms with Crippen LogP contribution in [0.2, 0.25) is 0 Å². The minimum absolute atomic E-state index is 0.200. The molecule has 0 N–H and O–H groups in total. The molecule has 1 saturated heterocycles. The second-order valence-corrected chi connectivity index (χ2v) is 7.25. The number of fused-ring (bicyclic) bond motifs is 1. The van der Waals surface area contributed by atoms with Crippen LogP contribution in [0.15, 0.2) is 36.4 Å². The molecule has 2 heterocycles. The summed E-state index contributed by atoms with van der Waals surface area (Å²) in [5, 5.41) is 0. The molecule has 7 heteroatoms. The van der Waals surface area contributed by atoms with E-state index in [9.17, 15) is 13.6 Å². The average Bonchev–Trinajstić information content (AvgIpc) is 2.72. The summed E-state index contributed by atoms with van der Waals surface area (Å²) in [5.41, 5.74) is 1.98. The number of halogens is 2. The maximum absolute atomic E-state index is 14.6. The summed E-state index contributed by atoms with van der Waals surface area (Å²) < 4.78 is 32.9. The number of anilines is 1. The van der Waals surface area contributed by atoms with Gasteiger partial charge >= 0.3 is 5.97 Å². The van der Waals surface area contributed by atoms with E-state index in [4.69, 9.17) is 9.72 Å². The van der Waals surface area contributed by atoms with Gasteiger partial charge < -0.3 is 9.64 Å². The van der Waals surface area contributed by atoms with Crippen molar-refractivity contribution in [2.45, 2.75) is 32.2 Å². The van der Waals surface area contributed by atoms with Crippen LogP contribution in [0.3, 0.4) is 0 Å². The Bertz CT molecular complexity index is 1090. The topological polar surface area (TPSA) is 55.3 Å². The zero-order chi connectivity index (χ0) is 20.5. The second kappa shape index (κ2) is 7.73. The van der Waals surface area contributed by atoms with Crippen LogP contribution in [0.1, 0.15) is 36.5 Å². The Morgan fingerprint density at radius 3 is 2.66 bits per heavy atom. The number of aromatic nitrogens is 2. The van der Waals surface area contributed by atoms with Crippen molar-refractivity contribution >= 4 is 22.8 Å². The lowest BCUT2D eigenvalue weighted by molar-refractivity contribution is 0.0601. The fourth-order valence-electron chi connectivity index (χ4n) is 3.77. The molecule has 1 aromatic heterocycles. The molecule has 150 valence electrons. The predicted molar refractivity (Wildman–Crippen MR) is 107 cm³/mol. The van der Waals surface area contributed by atoms with Crippen LogP contribution < -0.4 is 4.90 Å². The summed E-state index contributed by atoms with van der Waals surface area (Å²) in [7, 11) is 1.32. The summed E-state index contributed by atoms with van der Waals surface area (Å²) >= 11 is 0. The van der Waals surface area contributed by atoms with Gasteiger partial charge in [-0.1, -0.05) is 0 Å². The number of carbonyl (C=O) groups is 1. The molecule has 0 bridgehead atoms. The molecule has 0 amide bonds. The number of benzene rings is 2. The summed E-state index contributed by atoms with van der Waals surface area (Å²) in [4.78, 5) is 23.4. The number of hydrogen-bond acceptors (Lipinski definition) is 5. The van der Waals surface area contributed by atoms with Gasteiger partial charge in [0.05, 0.1) is 23.7 Å². The Morgan fingerprint density at radius 2 is 1.93 bits per heavy atom. The first-order valence-corrected chi connectivity index (χ1v) is 9.60. The third-order valence-electron chi connectivity index (χ3n) is 5.33. The molecule has 1 fully saturated rings. The van der Waals surface area contributed by atoms with Gasteiger partial charge in [-0.3, -0.25) is 0 Å². The molecule has 0 unspecified atom stereocenters. The Kier molecular flexibility index (Phi) is 5.13. The van der Waals surface area contributed by atoms with Gasteiger partial charge in [0, 0.05) is 24.2 Å². The molecule has 3 aromatic rings. The van der Waals surface area contributed by atoms with Gasteiger partial charge in [0.25, 0.3) is 0 Å². The number of ether oxygens (including phenoxy) is 1. The molecule has 4 rings (SSSR count). The third kappa shape index (κ3) is 3.64. The van der Waals surface area contributed by atoms with E-state index in [2.05, 4.69) is 16.8 Å². The van der Waals surface area contributed by atoms with Crippen molar-refractivity contribution in [3.05, 3.63) is 53.6 Å². The number of rotatable bonds is 3. The lowest BCUT2D eigenvalue weighted by atomic mass is 10.0. The van der Waals surface area contributed by atoms with Crippen LogP contribution >= 0.6 is 0 Å². The van der Waals surface area contributed by atoms with Crippen LogP contribution in [0.4, 0.5) is 14.6 Å². The smallest absolute Gasteiger partial charge is 0.337 e. The lowest BCUT2D eigenvalue weighted by Gasteiger charge is -2.35. The molecule has 1 aliphatic heterocycles. The van der Waals surface area contributed by atoms with Gasteiger partial charge in [-0.15, -0.1) is 0 Å². The number of hydrogen-bond donors (Lipinski definition) is 0. The molecule has 5 nitrogen and oxygen atoms in total. The first-order chi connectivity index (χ1) is 14.0. The first kappa shape index (κ1) is 19.2. The van der Waals surface area contributed by atoms with Crippen molar-refractivity contribution in [2.24, 2.45) is 0 Å². The summed E-state index contributed by atoms with van der Waals surface area (Å²) in [6.45, 7) is 2.87. The molecule has 0 saturated carbocycles. The molecule has 2 aromatic carbocycles.